The van der Waals surface area contributed by atoms with E-state index in [9.17, 15) is 4.79 Å². The van der Waals surface area contributed by atoms with Gasteiger partial charge in [0.05, 0.1) is 0 Å². The highest BCUT2D eigenvalue weighted by molar-refractivity contribution is 5.79. The third-order valence-electron chi connectivity index (χ3n) is 2.98. The zero-order valence-electron chi connectivity index (χ0n) is 8.63. The van der Waals surface area contributed by atoms with E-state index in [4.69, 9.17) is 0 Å². The summed E-state index contributed by atoms with van der Waals surface area (Å²) in [7, 11) is 0. The molecule has 1 atom stereocenters. The largest absolute Gasteiger partial charge is 0.365 e. The van der Waals surface area contributed by atoms with E-state index in [2.05, 4.69) is 30.2 Å². The van der Waals surface area contributed by atoms with Crippen molar-refractivity contribution >= 4 is 5.91 Å². The average Bonchev–Trinajstić information content (AvgIpc) is 2.61. The quantitative estimate of drug-likeness (QED) is 0.732. The molecule has 0 spiro atoms. The first-order chi connectivity index (χ1) is 6.58. The van der Waals surface area contributed by atoms with Crippen LogP contribution in [0.4, 0.5) is 0 Å². The SMILES string of the molecule is CC1(C)CC(=O)NC1Cc1ccc[nH]1. The standard InChI is InChI=1S/C11H16N2O/c1-11(2)7-10(14)13-9(11)6-8-4-3-5-12-8/h3-5,9,12H,6-7H2,1-2H3,(H,13,14). The van der Waals surface area contributed by atoms with Gasteiger partial charge in [0.15, 0.2) is 0 Å². The van der Waals surface area contributed by atoms with Crippen molar-refractivity contribution in [3.8, 4) is 0 Å². The summed E-state index contributed by atoms with van der Waals surface area (Å²) in [5, 5.41) is 3.02. The number of aromatic nitrogens is 1. The number of aromatic amines is 1. The summed E-state index contributed by atoms with van der Waals surface area (Å²) < 4.78 is 0. The van der Waals surface area contributed by atoms with Crippen LogP contribution in [0.5, 0.6) is 0 Å². The van der Waals surface area contributed by atoms with Crippen molar-refractivity contribution in [3.05, 3.63) is 24.0 Å². The normalized spacial score (nSPS) is 25.0. The van der Waals surface area contributed by atoms with Gasteiger partial charge in [0, 0.05) is 30.8 Å². The Morgan fingerprint density at radius 1 is 1.57 bits per heavy atom. The van der Waals surface area contributed by atoms with Crippen molar-refractivity contribution in [2.75, 3.05) is 0 Å². The Kier molecular flexibility index (Phi) is 2.10. The van der Waals surface area contributed by atoms with E-state index >= 15 is 0 Å². The van der Waals surface area contributed by atoms with Gasteiger partial charge < -0.3 is 10.3 Å². The van der Waals surface area contributed by atoms with Crippen LogP contribution >= 0.6 is 0 Å². The zero-order valence-corrected chi connectivity index (χ0v) is 8.63. The van der Waals surface area contributed by atoms with Crippen LogP contribution in [0.15, 0.2) is 18.3 Å². The van der Waals surface area contributed by atoms with Crippen LogP contribution in [0.3, 0.4) is 0 Å². The summed E-state index contributed by atoms with van der Waals surface area (Å²) in [6.45, 7) is 4.27. The van der Waals surface area contributed by atoms with Crippen molar-refractivity contribution < 1.29 is 4.79 Å². The molecule has 76 valence electrons. The van der Waals surface area contributed by atoms with Gasteiger partial charge in [-0.15, -0.1) is 0 Å². The Hall–Kier alpha value is -1.25. The van der Waals surface area contributed by atoms with E-state index in [1.165, 1.54) is 5.69 Å². The Bertz CT molecular complexity index is 327. The van der Waals surface area contributed by atoms with Crippen molar-refractivity contribution in [1.82, 2.24) is 10.3 Å². The van der Waals surface area contributed by atoms with Gasteiger partial charge in [-0.3, -0.25) is 4.79 Å². The van der Waals surface area contributed by atoms with Gasteiger partial charge in [0.2, 0.25) is 5.91 Å². The Morgan fingerprint density at radius 3 is 2.86 bits per heavy atom. The molecule has 3 nitrogen and oxygen atoms in total. The van der Waals surface area contributed by atoms with E-state index in [1.807, 2.05) is 12.3 Å². The summed E-state index contributed by atoms with van der Waals surface area (Å²) in [5.41, 5.74) is 1.26. The Labute approximate surface area is 83.9 Å². The molecule has 1 saturated heterocycles. The van der Waals surface area contributed by atoms with Crippen LogP contribution in [-0.2, 0) is 11.2 Å². The number of hydrogen-bond donors (Lipinski definition) is 2. The van der Waals surface area contributed by atoms with Gasteiger partial charge in [-0.05, 0) is 17.5 Å². The van der Waals surface area contributed by atoms with Crippen LogP contribution in [0.25, 0.3) is 0 Å². The first-order valence-corrected chi connectivity index (χ1v) is 4.99. The van der Waals surface area contributed by atoms with Crippen molar-refractivity contribution in [3.63, 3.8) is 0 Å². The lowest BCUT2D eigenvalue weighted by atomic mass is 9.83. The van der Waals surface area contributed by atoms with Crippen LogP contribution in [-0.4, -0.2) is 16.9 Å². The highest BCUT2D eigenvalue weighted by Gasteiger charge is 2.39. The molecule has 1 aliphatic rings. The molecule has 0 saturated carbocycles. The molecular formula is C11H16N2O. The van der Waals surface area contributed by atoms with Gasteiger partial charge >= 0.3 is 0 Å². The second kappa shape index (κ2) is 3.15. The number of hydrogen-bond acceptors (Lipinski definition) is 1. The summed E-state index contributed by atoms with van der Waals surface area (Å²) in [4.78, 5) is 14.4. The van der Waals surface area contributed by atoms with Gasteiger partial charge in [-0.2, -0.15) is 0 Å². The number of amides is 1. The summed E-state index contributed by atoms with van der Waals surface area (Å²) in [6.07, 6.45) is 3.45. The van der Waals surface area contributed by atoms with Gasteiger partial charge in [-0.25, -0.2) is 0 Å². The van der Waals surface area contributed by atoms with E-state index in [-0.39, 0.29) is 17.4 Å². The summed E-state index contributed by atoms with van der Waals surface area (Å²) in [6, 6.07) is 4.30. The lowest BCUT2D eigenvalue weighted by molar-refractivity contribution is -0.119. The molecule has 1 aliphatic heterocycles. The lowest BCUT2D eigenvalue weighted by Gasteiger charge is -2.24. The minimum atomic E-state index is 0.0716. The topological polar surface area (TPSA) is 44.9 Å². The Morgan fingerprint density at radius 2 is 2.36 bits per heavy atom. The number of carbonyl (C=O) groups excluding carboxylic acids is 1. The first-order valence-electron chi connectivity index (χ1n) is 4.99. The van der Waals surface area contributed by atoms with E-state index < -0.39 is 0 Å². The number of rotatable bonds is 2. The van der Waals surface area contributed by atoms with Gasteiger partial charge in [-0.1, -0.05) is 13.8 Å². The fourth-order valence-corrected chi connectivity index (χ4v) is 2.02. The van der Waals surface area contributed by atoms with E-state index in [1.54, 1.807) is 0 Å². The van der Waals surface area contributed by atoms with E-state index in [0.29, 0.717) is 6.42 Å². The maximum Gasteiger partial charge on any atom is 0.220 e. The molecule has 2 rings (SSSR count). The molecule has 0 radical (unpaired) electrons. The van der Waals surface area contributed by atoms with Crippen LogP contribution in [0, 0.1) is 5.41 Å². The van der Waals surface area contributed by atoms with Crippen molar-refractivity contribution in [1.29, 1.82) is 0 Å². The lowest BCUT2D eigenvalue weighted by Crippen LogP contribution is -2.35. The predicted octanol–water partition coefficient (Wildman–Crippen LogP) is 1.47. The molecule has 0 bridgehead atoms. The molecule has 1 aromatic rings. The van der Waals surface area contributed by atoms with Crippen molar-refractivity contribution in [2.45, 2.75) is 32.7 Å². The van der Waals surface area contributed by atoms with E-state index in [0.717, 1.165) is 6.42 Å². The van der Waals surface area contributed by atoms with Crippen LogP contribution in [0.2, 0.25) is 0 Å². The maximum atomic E-state index is 11.3. The molecule has 14 heavy (non-hydrogen) atoms. The Balaban J connectivity index is 2.08. The summed E-state index contributed by atoms with van der Waals surface area (Å²) >= 11 is 0. The molecule has 1 aromatic heterocycles. The predicted molar refractivity (Wildman–Crippen MR) is 54.8 cm³/mol. The minimum absolute atomic E-state index is 0.0716. The fourth-order valence-electron chi connectivity index (χ4n) is 2.02. The molecule has 1 unspecified atom stereocenters. The fraction of sp³-hybridized carbons (Fsp3) is 0.545. The smallest absolute Gasteiger partial charge is 0.220 e. The van der Waals surface area contributed by atoms with Crippen LogP contribution < -0.4 is 5.32 Å². The second-order valence-electron chi connectivity index (χ2n) is 4.68. The molecule has 2 N–H and O–H groups in total. The molecule has 1 amide bonds. The molecule has 0 aromatic carbocycles. The van der Waals surface area contributed by atoms with Gasteiger partial charge in [0.25, 0.3) is 0 Å². The molecule has 1 fully saturated rings. The third kappa shape index (κ3) is 1.67. The molecular weight excluding hydrogens is 176 g/mol. The van der Waals surface area contributed by atoms with Crippen molar-refractivity contribution in [2.24, 2.45) is 5.41 Å². The molecule has 2 heterocycles. The third-order valence-corrected chi connectivity index (χ3v) is 2.98. The number of nitrogens with one attached hydrogen (secondary N) is 2. The zero-order chi connectivity index (χ0) is 10.2. The number of carbonyl (C=O) groups is 1. The highest BCUT2D eigenvalue weighted by Crippen LogP contribution is 2.32. The first kappa shape index (κ1) is 9.31. The molecule has 0 aliphatic carbocycles. The summed E-state index contributed by atoms with van der Waals surface area (Å²) in [5.74, 6) is 0.173. The monoisotopic (exact) mass is 192 g/mol. The maximum absolute atomic E-state index is 11.3. The second-order valence-corrected chi connectivity index (χ2v) is 4.68. The van der Waals surface area contributed by atoms with Gasteiger partial charge in [0.1, 0.15) is 0 Å². The minimum Gasteiger partial charge on any atom is -0.365 e. The van der Waals surface area contributed by atoms with Crippen LogP contribution in [0.1, 0.15) is 26.0 Å². The average molecular weight is 192 g/mol. The number of H-pyrrole nitrogens is 1. The highest BCUT2D eigenvalue weighted by atomic mass is 16.2. The molecule has 3 heteroatoms.